The fourth-order valence-electron chi connectivity index (χ4n) is 4.55. The van der Waals surface area contributed by atoms with Crippen LogP contribution in [0.25, 0.3) is 0 Å². The van der Waals surface area contributed by atoms with Crippen molar-refractivity contribution >= 4 is 18.3 Å². The number of rotatable bonds is 2. The van der Waals surface area contributed by atoms with Gasteiger partial charge in [-0.3, -0.25) is 4.79 Å². The Hall–Kier alpha value is -0.320. The number of likely N-dealkylation sites (tertiary alicyclic amines) is 1. The maximum absolute atomic E-state index is 12.7. The Morgan fingerprint density at radius 1 is 1.09 bits per heavy atom. The van der Waals surface area contributed by atoms with Crippen LogP contribution in [-0.2, 0) is 9.53 Å². The van der Waals surface area contributed by atoms with E-state index in [4.69, 9.17) is 10.5 Å². The molecular weight excluding hydrogens is 300 g/mol. The smallest absolute Gasteiger partial charge is 0.251 e. The number of hydrogen-bond donors (Lipinski definition) is 1. The minimum absolute atomic E-state index is 0. The molecule has 22 heavy (non-hydrogen) atoms. The summed E-state index contributed by atoms with van der Waals surface area (Å²) in [6.45, 7) is 2.43. The average Bonchev–Trinajstić information content (AvgIpc) is 2.89. The first-order valence-corrected chi connectivity index (χ1v) is 8.87. The van der Waals surface area contributed by atoms with Crippen molar-refractivity contribution in [3.05, 3.63) is 0 Å². The van der Waals surface area contributed by atoms with E-state index in [9.17, 15) is 4.79 Å². The van der Waals surface area contributed by atoms with Gasteiger partial charge in [-0.15, -0.1) is 12.4 Å². The zero-order valence-corrected chi connectivity index (χ0v) is 14.4. The Morgan fingerprint density at radius 2 is 1.77 bits per heavy atom. The van der Waals surface area contributed by atoms with Gasteiger partial charge in [-0.2, -0.15) is 0 Å². The van der Waals surface area contributed by atoms with Crippen molar-refractivity contribution < 1.29 is 9.53 Å². The van der Waals surface area contributed by atoms with Crippen molar-refractivity contribution in [3.63, 3.8) is 0 Å². The zero-order chi connectivity index (χ0) is 14.7. The summed E-state index contributed by atoms with van der Waals surface area (Å²) < 4.78 is 5.81. The first-order valence-electron chi connectivity index (χ1n) is 8.87. The van der Waals surface area contributed by atoms with Crippen molar-refractivity contribution in [1.82, 2.24) is 4.90 Å². The molecule has 2 atom stereocenters. The van der Waals surface area contributed by atoms with Crippen LogP contribution in [0.4, 0.5) is 0 Å². The predicted molar refractivity (Wildman–Crippen MR) is 90.1 cm³/mol. The van der Waals surface area contributed by atoms with Crippen molar-refractivity contribution in [3.8, 4) is 0 Å². The summed E-state index contributed by atoms with van der Waals surface area (Å²) in [5, 5.41) is 0. The van der Waals surface area contributed by atoms with Crippen molar-refractivity contribution in [2.75, 3.05) is 19.6 Å². The number of amides is 1. The lowest BCUT2D eigenvalue weighted by molar-refractivity contribution is -0.146. The van der Waals surface area contributed by atoms with E-state index in [1.807, 2.05) is 0 Å². The molecule has 5 heteroatoms. The van der Waals surface area contributed by atoms with Gasteiger partial charge in [0.25, 0.3) is 5.91 Å². The SMILES string of the molecule is Cl.NC[C@H]1CC[C@@H](C(=O)N2CCCC3(CCCCCC3)C2)O1. The summed E-state index contributed by atoms with van der Waals surface area (Å²) in [7, 11) is 0. The number of halogens is 1. The van der Waals surface area contributed by atoms with Gasteiger partial charge < -0.3 is 15.4 Å². The molecule has 3 fully saturated rings. The first-order chi connectivity index (χ1) is 10.2. The molecular formula is C17H31ClN2O2. The third kappa shape index (κ3) is 3.95. The van der Waals surface area contributed by atoms with Crippen molar-refractivity contribution in [2.24, 2.45) is 11.1 Å². The number of ether oxygens (including phenoxy) is 1. The van der Waals surface area contributed by atoms with Crippen LogP contribution >= 0.6 is 12.4 Å². The molecule has 1 amide bonds. The van der Waals surface area contributed by atoms with E-state index in [0.717, 1.165) is 25.9 Å². The van der Waals surface area contributed by atoms with E-state index in [-0.39, 0.29) is 30.5 Å². The molecule has 4 nitrogen and oxygen atoms in total. The molecule has 2 saturated heterocycles. The normalized spacial score (nSPS) is 31.6. The van der Waals surface area contributed by atoms with Gasteiger partial charge in [-0.05, 0) is 43.9 Å². The number of nitrogens with two attached hydrogens (primary N) is 1. The van der Waals surface area contributed by atoms with Gasteiger partial charge in [0.05, 0.1) is 6.10 Å². The van der Waals surface area contributed by atoms with Crippen LogP contribution in [0.1, 0.15) is 64.2 Å². The molecule has 2 aliphatic heterocycles. The van der Waals surface area contributed by atoms with Crippen molar-refractivity contribution in [1.29, 1.82) is 0 Å². The summed E-state index contributed by atoms with van der Waals surface area (Å²) >= 11 is 0. The second-order valence-electron chi connectivity index (χ2n) is 7.34. The van der Waals surface area contributed by atoms with E-state index in [1.165, 1.54) is 51.4 Å². The van der Waals surface area contributed by atoms with E-state index in [2.05, 4.69) is 4.90 Å². The minimum atomic E-state index is -0.223. The molecule has 1 aliphatic carbocycles. The molecule has 0 aromatic rings. The van der Waals surface area contributed by atoms with Crippen LogP contribution in [-0.4, -0.2) is 42.6 Å². The molecule has 0 aromatic heterocycles. The highest BCUT2D eigenvalue weighted by Crippen LogP contribution is 2.42. The predicted octanol–water partition coefficient (Wildman–Crippen LogP) is 2.88. The minimum Gasteiger partial charge on any atom is -0.364 e. The lowest BCUT2D eigenvalue weighted by atomic mass is 9.74. The van der Waals surface area contributed by atoms with Gasteiger partial charge in [0.1, 0.15) is 6.10 Å². The summed E-state index contributed by atoms with van der Waals surface area (Å²) in [6.07, 6.45) is 12.2. The fraction of sp³-hybridized carbons (Fsp3) is 0.941. The third-order valence-corrected chi connectivity index (χ3v) is 5.78. The maximum Gasteiger partial charge on any atom is 0.251 e. The topological polar surface area (TPSA) is 55.6 Å². The molecule has 0 bridgehead atoms. The lowest BCUT2D eigenvalue weighted by Crippen LogP contribution is -2.49. The highest BCUT2D eigenvalue weighted by atomic mass is 35.5. The average molecular weight is 331 g/mol. The van der Waals surface area contributed by atoms with Crippen LogP contribution in [0.2, 0.25) is 0 Å². The van der Waals surface area contributed by atoms with Gasteiger partial charge >= 0.3 is 0 Å². The standard InChI is InChI=1S/C17H30N2O2.ClH/c18-12-14-6-7-15(21-14)16(20)19-11-5-10-17(13-19)8-3-1-2-4-9-17;/h14-15H,1-13,18H2;1H/t14-,15+;/m1./s1. The first kappa shape index (κ1) is 18.0. The summed E-state index contributed by atoms with van der Waals surface area (Å²) in [4.78, 5) is 14.8. The Bertz CT molecular complexity index is 370. The number of hydrogen-bond acceptors (Lipinski definition) is 3. The van der Waals surface area contributed by atoms with Gasteiger partial charge in [-0.1, -0.05) is 25.7 Å². The Labute approximate surface area is 140 Å². The molecule has 3 aliphatic rings. The van der Waals surface area contributed by atoms with Crippen LogP contribution < -0.4 is 5.73 Å². The monoisotopic (exact) mass is 330 g/mol. The molecule has 1 spiro atoms. The molecule has 0 aromatic carbocycles. The maximum atomic E-state index is 12.7. The van der Waals surface area contributed by atoms with E-state index >= 15 is 0 Å². The molecule has 0 radical (unpaired) electrons. The fourth-order valence-corrected chi connectivity index (χ4v) is 4.55. The number of carbonyl (C=O) groups excluding carboxylic acids is 1. The second-order valence-corrected chi connectivity index (χ2v) is 7.34. The summed E-state index contributed by atoms with van der Waals surface area (Å²) in [5.74, 6) is 0.231. The summed E-state index contributed by atoms with van der Waals surface area (Å²) in [6, 6.07) is 0. The number of carbonyl (C=O) groups is 1. The lowest BCUT2D eigenvalue weighted by Gasteiger charge is -2.43. The second kappa shape index (κ2) is 7.98. The van der Waals surface area contributed by atoms with Crippen LogP contribution in [0.3, 0.4) is 0 Å². The quantitative estimate of drug-likeness (QED) is 0.847. The number of piperidine rings is 1. The molecule has 3 rings (SSSR count). The molecule has 1 saturated carbocycles. The van der Waals surface area contributed by atoms with Crippen LogP contribution in [0.5, 0.6) is 0 Å². The van der Waals surface area contributed by atoms with Gasteiger partial charge in [0, 0.05) is 19.6 Å². The van der Waals surface area contributed by atoms with Gasteiger partial charge in [0.15, 0.2) is 0 Å². The van der Waals surface area contributed by atoms with Gasteiger partial charge in [0.2, 0.25) is 0 Å². The van der Waals surface area contributed by atoms with Gasteiger partial charge in [-0.25, -0.2) is 0 Å². The Balaban J connectivity index is 0.00000176. The van der Waals surface area contributed by atoms with Crippen LogP contribution in [0, 0.1) is 5.41 Å². The van der Waals surface area contributed by atoms with Crippen molar-refractivity contribution in [2.45, 2.75) is 76.4 Å². The molecule has 128 valence electrons. The largest absolute Gasteiger partial charge is 0.364 e. The third-order valence-electron chi connectivity index (χ3n) is 5.78. The molecule has 0 unspecified atom stereocenters. The summed E-state index contributed by atoms with van der Waals surface area (Å²) in [5.41, 5.74) is 6.07. The zero-order valence-electron chi connectivity index (χ0n) is 13.6. The van der Waals surface area contributed by atoms with Crippen LogP contribution in [0.15, 0.2) is 0 Å². The highest BCUT2D eigenvalue weighted by molar-refractivity contribution is 5.85. The number of nitrogens with zero attached hydrogens (tertiary/aromatic N) is 1. The highest BCUT2D eigenvalue weighted by Gasteiger charge is 2.40. The molecule has 2 N–H and O–H groups in total. The van der Waals surface area contributed by atoms with E-state index in [0.29, 0.717) is 12.0 Å². The Kier molecular flexibility index (Phi) is 6.54. The van der Waals surface area contributed by atoms with E-state index in [1.54, 1.807) is 0 Å². The molecule has 2 heterocycles. The Morgan fingerprint density at radius 3 is 2.41 bits per heavy atom. The van der Waals surface area contributed by atoms with E-state index < -0.39 is 0 Å².